The van der Waals surface area contributed by atoms with Gasteiger partial charge in [-0.25, -0.2) is 9.37 Å². The van der Waals surface area contributed by atoms with Gasteiger partial charge < -0.3 is 4.74 Å². The molecular weight excluding hydrogens is 349 g/mol. The van der Waals surface area contributed by atoms with E-state index < -0.39 is 5.60 Å². The van der Waals surface area contributed by atoms with E-state index in [1.807, 2.05) is 30.3 Å². The zero-order chi connectivity index (χ0) is 16.7. The highest BCUT2D eigenvalue weighted by molar-refractivity contribution is 7.71. The molecule has 0 radical (unpaired) electrons. The van der Waals surface area contributed by atoms with E-state index in [1.165, 1.54) is 18.5 Å². The van der Waals surface area contributed by atoms with Crippen LogP contribution < -0.4 is 0 Å². The number of ether oxygens (including phenoxy) is 1. The maximum atomic E-state index is 13.8. The van der Waals surface area contributed by atoms with E-state index in [9.17, 15) is 4.39 Å². The van der Waals surface area contributed by atoms with E-state index >= 15 is 0 Å². The molecule has 1 aromatic heterocycles. The maximum absolute atomic E-state index is 13.8. The maximum Gasteiger partial charge on any atom is 0.215 e. The summed E-state index contributed by atoms with van der Waals surface area (Å²) in [6, 6.07) is 13.9. The SMILES string of the molecule is Fc1cccc(C2(Cn3[nH]cnc3=S)OC2c2cccc(Cl)c2)c1. The fraction of sp³-hybridized carbons (Fsp3) is 0.176. The number of rotatable bonds is 4. The van der Waals surface area contributed by atoms with Crippen molar-refractivity contribution in [2.45, 2.75) is 18.2 Å². The van der Waals surface area contributed by atoms with Gasteiger partial charge in [-0.1, -0.05) is 35.9 Å². The first-order chi connectivity index (χ1) is 11.6. The van der Waals surface area contributed by atoms with Crippen molar-refractivity contribution in [3.63, 3.8) is 0 Å². The molecule has 3 aromatic rings. The van der Waals surface area contributed by atoms with Gasteiger partial charge in [-0.15, -0.1) is 0 Å². The number of benzene rings is 2. The first kappa shape index (κ1) is 15.5. The predicted molar refractivity (Wildman–Crippen MR) is 90.8 cm³/mol. The first-order valence-electron chi connectivity index (χ1n) is 7.38. The molecule has 0 aliphatic carbocycles. The van der Waals surface area contributed by atoms with Gasteiger partial charge in [0, 0.05) is 5.02 Å². The highest BCUT2D eigenvalue weighted by Gasteiger charge is 2.59. The van der Waals surface area contributed by atoms with E-state index in [0.717, 1.165) is 11.1 Å². The van der Waals surface area contributed by atoms with Crippen LogP contribution in [0.3, 0.4) is 0 Å². The summed E-state index contributed by atoms with van der Waals surface area (Å²) in [5.74, 6) is -0.305. The van der Waals surface area contributed by atoms with Crippen molar-refractivity contribution in [1.29, 1.82) is 0 Å². The van der Waals surface area contributed by atoms with Crippen molar-refractivity contribution in [3.8, 4) is 0 Å². The lowest BCUT2D eigenvalue weighted by atomic mass is 9.91. The molecule has 0 saturated carbocycles. The lowest BCUT2D eigenvalue weighted by molar-refractivity contribution is 0.261. The topological polar surface area (TPSA) is 46.1 Å². The third-order valence-electron chi connectivity index (χ3n) is 4.17. The summed E-state index contributed by atoms with van der Waals surface area (Å²) in [6.45, 7) is 0.409. The lowest BCUT2D eigenvalue weighted by Crippen LogP contribution is -2.20. The number of H-pyrrole nitrogens is 1. The number of aromatic amines is 1. The minimum atomic E-state index is -0.711. The molecule has 24 heavy (non-hydrogen) atoms. The van der Waals surface area contributed by atoms with Crippen molar-refractivity contribution in [3.05, 3.63) is 81.6 Å². The van der Waals surface area contributed by atoms with Crippen molar-refractivity contribution in [1.82, 2.24) is 14.8 Å². The summed E-state index contributed by atoms with van der Waals surface area (Å²) in [7, 11) is 0. The number of nitrogens with zero attached hydrogens (tertiary/aromatic N) is 2. The zero-order valence-electron chi connectivity index (χ0n) is 12.4. The molecular formula is C17H13ClFN3OS. The molecule has 1 aliphatic heterocycles. The molecule has 122 valence electrons. The number of aromatic nitrogens is 3. The molecule has 0 bridgehead atoms. The molecule has 2 unspecified atom stereocenters. The molecule has 1 saturated heterocycles. The van der Waals surface area contributed by atoms with Crippen LogP contribution in [0.1, 0.15) is 17.2 Å². The second-order valence-corrected chi connectivity index (χ2v) is 6.51. The Morgan fingerprint density at radius 3 is 2.83 bits per heavy atom. The van der Waals surface area contributed by atoms with Crippen LogP contribution in [0, 0.1) is 10.6 Å². The molecule has 4 nitrogen and oxygen atoms in total. The summed E-state index contributed by atoms with van der Waals surface area (Å²) in [5, 5.41) is 3.60. The highest BCUT2D eigenvalue weighted by atomic mass is 35.5. The smallest absolute Gasteiger partial charge is 0.215 e. The van der Waals surface area contributed by atoms with Crippen LogP contribution in [-0.2, 0) is 16.9 Å². The number of hydrogen-bond donors (Lipinski definition) is 1. The van der Waals surface area contributed by atoms with Crippen LogP contribution in [-0.4, -0.2) is 14.8 Å². The minimum Gasteiger partial charge on any atom is -0.354 e. The van der Waals surface area contributed by atoms with Crippen molar-refractivity contribution < 1.29 is 9.13 Å². The number of nitrogens with one attached hydrogen (secondary N) is 1. The van der Waals surface area contributed by atoms with Crippen LogP contribution >= 0.6 is 23.8 Å². The van der Waals surface area contributed by atoms with E-state index in [-0.39, 0.29) is 11.9 Å². The Labute approximate surface area is 147 Å². The van der Waals surface area contributed by atoms with Crippen molar-refractivity contribution >= 4 is 23.8 Å². The Hall–Kier alpha value is -2.02. The normalized spacial score (nSPS) is 22.5. The lowest BCUT2D eigenvalue weighted by Gasteiger charge is -2.14. The third kappa shape index (κ3) is 2.66. The van der Waals surface area contributed by atoms with Gasteiger partial charge in [0.25, 0.3) is 0 Å². The number of halogens is 2. The van der Waals surface area contributed by atoms with E-state index in [4.69, 9.17) is 28.6 Å². The second kappa shape index (κ2) is 5.81. The summed E-state index contributed by atoms with van der Waals surface area (Å²) in [6.07, 6.45) is 1.29. The zero-order valence-corrected chi connectivity index (χ0v) is 14.0. The van der Waals surface area contributed by atoms with E-state index in [2.05, 4.69) is 10.1 Å². The molecule has 2 aromatic carbocycles. The fourth-order valence-corrected chi connectivity index (χ4v) is 3.36. The molecule has 7 heteroatoms. The molecule has 0 amide bonds. The van der Waals surface area contributed by atoms with Crippen LogP contribution in [0.15, 0.2) is 54.9 Å². The molecule has 2 heterocycles. The van der Waals surface area contributed by atoms with Gasteiger partial charge in [0.1, 0.15) is 23.8 Å². The van der Waals surface area contributed by atoms with Gasteiger partial charge in [-0.3, -0.25) is 9.78 Å². The van der Waals surface area contributed by atoms with Crippen LogP contribution in [0.2, 0.25) is 5.02 Å². The van der Waals surface area contributed by atoms with Crippen LogP contribution in [0.4, 0.5) is 4.39 Å². The highest BCUT2D eigenvalue weighted by Crippen LogP contribution is 2.58. The van der Waals surface area contributed by atoms with Gasteiger partial charge in [-0.2, -0.15) is 0 Å². The van der Waals surface area contributed by atoms with Gasteiger partial charge in [-0.05, 0) is 47.6 Å². The summed E-state index contributed by atoms with van der Waals surface area (Å²) in [5.41, 5.74) is 0.985. The number of hydrogen-bond acceptors (Lipinski definition) is 3. The Morgan fingerprint density at radius 1 is 1.29 bits per heavy atom. The average Bonchev–Trinajstić information content (AvgIpc) is 3.16. The van der Waals surface area contributed by atoms with E-state index in [1.54, 1.807) is 10.7 Å². The first-order valence-corrected chi connectivity index (χ1v) is 8.17. The molecule has 1 N–H and O–H groups in total. The molecule has 2 atom stereocenters. The third-order valence-corrected chi connectivity index (χ3v) is 4.73. The van der Waals surface area contributed by atoms with Crippen molar-refractivity contribution in [2.24, 2.45) is 0 Å². The Morgan fingerprint density at radius 2 is 2.12 bits per heavy atom. The summed E-state index contributed by atoms with van der Waals surface area (Å²) >= 11 is 11.3. The van der Waals surface area contributed by atoms with Crippen LogP contribution in [0.5, 0.6) is 0 Å². The average molecular weight is 362 g/mol. The molecule has 4 rings (SSSR count). The van der Waals surface area contributed by atoms with Gasteiger partial charge in [0.2, 0.25) is 4.77 Å². The molecule has 1 fully saturated rings. The minimum absolute atomic E-state index is 0.233. The van der Waals surface area contributed by atoms with E-state index in [0.29, 0.717) is 16.3 Å². The Balaban J connectivity index is 1.77. The summed E-state index contributed by atoms with van der Waals surface area (Å²) < 4.78 is 22.0. The monoisotopic (exact) mass is 361 g/mol. The van der Waals surface area contributed by atoms with Gasteiger partial charge in [0.15, 0.2) is 0 Å². The Kier molecular flexibility index (Phi) is 3.75. The fourth-order valence-electron chi connectivity index (χ4n) is 2.99. The van der Waals surface area contributed by atoms with Crippen molar-refractivity contribution in [2.75, 3.05) is 0 Å². The summed E-state index contributed by atoms with van der Waals surface area (Å²) in [4.78, 5) is 4.02. The molecule has 1 aliphatic rings. The standard InChI is InChI=1S/C17H13ClFN3OS/c18-13-5-1-3-11(7-13)15-17(23-15,9-22-16(24)20-10-21-22)12-4-2-6-14(19)8-12/h1-8,10,15H,9H2,(H,20,21,24). The molecule has 0 spiro atoms. The largest absolute Gasteiger partial charge is 0.354 e. The quantitative estimate of drug-likeness (QED) is 0.553. The second-order valence-electron chi connectivity index (χ2n) is 5.71. The Bertz CT molecular complexity index is 957. The predicted octanol–water partition coefficient (Wildman–Crippen LogP) is 4.40. The van der Waals surface area contributed by atoms with Crippen LogP contribution in [0.25, 0.3) is 0 Å². The van der Waals surface area contributed by atoms with Gasteiger partial charge in [0.05, 0.1) is 6.54 Å². The van der Waals surface area contributed by atoms with Gasteiger partial charge >= 0.3 is 0 Å². The number of epoxide rings is 1.